The van der Waals surface area contributed by atoms with Crippen LogP contribution in [0.1, 0.15) is 5.69 Å². The molecule has 0 aliphatic heterocycles. The number of hydrogen-bond donors (Lipinski definition) is 1. The van der Waals surface area contributed by atoms with Crippen molar-refractivity contribution in [2.75, 3.05) is 5.43 Å². The van der Waals surface area contributed by atoms with Crippen molar-refractivity contribution >= 4 is 17.3 Å². The van der Waals surface area contributed by atoms with Crippen LogP contribution in [0.2, 0.25) is 5.02 Å². The number of nitrogens with zero attached hydrogens (tertiary/aromatic N) is 2. The second-order valence-corrected chi connectivity index (χ2v) is 4.97. The lowest BCUT2D eigenvalue weighted by Crippen LogP contribution is -2.09. The smallest absolute Gasteiger partial charge is 0.115 e. The minimum Gasteiger partial charge on any atom is -0.293 e. The molecule has 0 radical (unpaired) electrons. The molecule has 3 nitrogen and oxygen atoms in total. The Morgan fingerprint density at radius 2 is 1.70 bits per heavy atom. The molecule has 4 heteroatoms. The molecule has 0 aliphatic carbocycles. The highest BCUT2D eigenvalue weighted by molar-refractivity contribution is 6.30. The van der Waals surface area contributed by atoms with E-state index in [4.69, 9.17) is 11.6 Å². The van der Waals surface area contributed by atoms with E-state index >= 15 is 0 Å². The Labute approximate surface area is 122 Å². The topological polar surface area (TPSA) is 29.9 Å². The number of anilines is 1. The van der Waals surface area contributed by atoms with Gasteiger partial charge in [-0.3, -0.25) is 5.43 Å². The van der Waals surface area contributed by atoms with E-state index in [0.29, 0.717) is 0 Å². The van der Waals surface area contributed by atoms with Gasteiger partial charge in [-0.1, -0.05) is 41.9 Å². The van der Waals surface area contributed by atoms with Crippen molar-refractivity contribution in [3.05, 3.63) is 71.6 Å². The zero-order valence-electron chi connectivity index (χ0n) is 11.0. The van der Waals surface area contributed by atoms with E-state index in [-0.39, 0.29) is 0 Å². The van der Waals surface area contributed by atoms with Gasteiger partial charge in [0.25, 0.3) is 0 Å². The summed E-state index contributed by atoms with van der Waals surface area (Å²) in [5, 5.41) is 0.723. The molecule has 0 saturated heterocycles. The number of benzene rings is 2. The maximum atomic E-state index is 5.90. The second kappa shape index (κ2) is 5.39. The Bertz CT molecular complexity index is 702. The Kier molecular flexibility index (Phi) is 3.44. The molecule has 0 fully saturated rings. The number of hydrogen-bond acceptors (Lipinski definition) is 2. The molecule has 1 N–H and O–H groups in total. The van der Waals surface area contributed by atoms with Crippen molar-refractivity contribution in [1.29, 1.82) is 0 Å². The molecule has 0 spiro atoms. The van der Waals surface area contributed by atoms with Gasteiger partial charge in [-0.2, -0.15) is 0 Å². The summed E-state index contributed by atoms with van der Waals surface area (Å²) in [6.07, 6.45) is 1.78. The van der Waals surface area contributed by atoms with Gasteiger partial charge in [-0.05, 0) is 31.2 Å². The molecule has 1 heterocycles. The molecule has 0 saturated carbocycles. The summed E-state index contributed by atoms with van der Waals surface area (Å²) < 4.78 is 1.92. The van der Waals surface area contributed by atoms with Crippen molar-refractivity contribution in [1.82, 2.24) is 9.66 Å². The van der Waals surface area contributed by atoms with Gasteiger partial charge in [0, 0.05) is 10.6 Å². The Hall–Kier alpha value is -2.26. The van der Waals surface area contributed by atoms with Gasteiger partial charge in [-0.25, -0.2) is 9.66 Å². The van der Waals surface area contributed by atoms with Crippen LogP contribution in [-0.2, 0) is 0 Å². The van der Waals surface area contributed by atoms with Crippen LogP contribution in [0.4, 0.5) is 5.69 Å². The normalized spacial score (nSPS) is 10.5. The number of aromatic nitrogens is 2. The molecule has 3 aromatic rings. The van der Waals surface area contributed by atoms with Crippen LogP contribution in [0, 0.1) is 6.92 Å². The summed E-state index contributed by atoms with van der Waals surface area (Å²) in [5.74, 6) is 0. The first-order valence-electron chi connectivity index (χ1n) is 6.36. The van der Waals surface area contributed by atoms with Crippen LogP contribution in [-0.4, -0.2) is 9.66 Å². The highest BCUT2D eigenvalue weighted by atomic mass is 35.5. The van der Waals surface area contributed by atoms with Crippen molar-refractivity contribution in [3.63, 3.8) is 0 Å². The van der Waals surface area contributed by atoms with Gasteiger partial charge in [0.1, 0.15) is 6.33 Å². The van der Waals surface area contributed by atoms with Gasteiger partial charge in [0.05, 0.1) is 17.1 Å². The van der Waals surface area contributed by atoms with Gasteiger partial charge in [0.15, 0.2) is 0 Å². The average molecular weight is 284 g/mol. The van der Waals surface area contributed by atoms with Crippen LogP contribution in [0.25, 0.3) is 11.3 Å². The lowest BCUT2D eigenvalue weighted by molar-refractivity contribution is 0.962. The van der Waals surface area contributed by atoms with Crippen molar-refractivity contribution in [2.45, 2.75) is 6.92 Å². The van der Waals surface area contributed by atoms with Crippen LogP contribution < -0.4 is 5.43 Å². The Balaban J connectivity index is 1.97. The van der Waals surface area contributed by atoms with E-state index in [1.54, 1.807) is 6.33 Å². The number of aryl methyl sites for hydroxylation is 1. The minimum atomic E-state index is 0.723. The largest absolute Gasteiger partial charge is 0.293 e. The molecule has 0 bridgehead atoms. The van der Waals surface area contributed by atoms with Crippen LogP contribution in [0.3, 0.4) is 0 Å². The third-order valence-electron chi connectivity index (χ3n) is 3.09. The first-order chi connectivity index (χ1) is 9.74. The molecular formula is C16H14ClN3. The van der Waals surface area contributed by atoms with Gasteiger partial charge >= 0.3 is 0 Å². The summed E-state index contributed by atoms with van der Waals surface area (Å²) in [4.78, 5) is 4.38. The summed E-state index contributed by atoms with van der Waals surface area (Å²) >= 11 is 5.90. The maximum absolute atomic E-state index is 5.90. The summed E-state index contributed by atoms with van der Waals surface area (Å²) in [7, 11) is 0. The van der Waals surface area contributed by atoms with Gasteiger partial charge in [0.2, 0.25) is 0 Å². The molecule has 0 aliphatic rings. The van der Waals surface area contributed by atoms with Crippen molar-refractivity contribution in [3.8, 4) is 11.3 Å². The van der Waals surface area contributed by atoms with Crippen LogP contribution in [0.15, 0.2) is 60.9 Å². The molecule has 0 atom stereocenters. The quantitative estimate of drug-likeness (QED) is 0.773. The third-order valence-corrected chi connectivity index (χ3v) is 3.34. The Morgan fingerprint density at radius 1 is 1.00 bits per heavy atom. The standard InChI is InChI=1S/C16H14ClN3/c1-12-16(13-5-3-2-4-6-13)20(11-18-12)19-15-9-7-14(17)8-10-15/h2-11,19H,1H3. The first-order valence-corrected chi connectivity index (χ1v) is 6.74. The number of rotatable bonds is 3. The van der Waals surface area contributed by atoms with E-state index in [1.807, 2.05) is 54.1 Å². The molecule has 3 rings (SSSR count). The van der Waals surface area contributed by atoms with Gasteiger partial charge < -0.3 is 0 Å². The lowest BCUT2D eigenvalue weighted by Gasteiger charge is -2.12. The fourth-order valence-corrected chi connectivity index (χ4v) is 2.26. The van der Waals surface area contributed by atoms with Crippen LogP contribution in [0.5, 0.6) is 0 Å². The highest BCUT2D eigenvalue weighted by Gasteiger charge is 2.09. The van der Waals surface area contributed by atoms with Gasteiger partial charge in [-0.15, -0.1) is 0 Å². The van der Waals surface area contributed by atoms with Crippen LogP contribution >= 0.6 is 11.6 Å². The predicted molar refractivity (Wildman–Crippen MR) is 82.9 cm³/mol. The summed E-state index contributed by atoms with van der Waals surface area (Å²) in [6, 6.07) is 17.8. The molecular weight excluding hydrogens is 270 g/mol. The van der Waals surface area contributed by atoms with Crippen molar-refractivity contribution < 1.29 is 0 Å². The number of nitrogens with one attached hydrogen (secondary N) is 1. The first kappa shape index (κ1) is 12.8. The fourth-order valence-electron chi connectivity index (χ4n) is 2.13. The number of imidazole rings is 1. The Morgan fingerprint density at radius 3 is 2.40 bits per heavy atom. The SMILES string of the molecule is Cc1ncn(Nc2ccc(Cl)cc2)c1-c1ccccc1. The monoisotopic (exact) mass is 283 g/mol. The summed E-state index contributed by atoms with van der Waals surface area (Å²) in [5.41, 5.74) is 7.45. The number of halogens is 1. The van der Waals surface area contributed by atoms with Crippen molar-refractivity contribution in [2.24, 2.45) is 0 Å². The second-order valence-electron chi connectivity index (χ2n) is 4.53. The molecule has 1 aromatic heterocycles. The van der Waals surface area contributed by atoms with E-state index in [1.165, 1.54) is 0 Å². The van der Waals surface area contributed by atoms with E-state index < -0.39 is 0 Å². The predicted octanol–water partition coefficient (Wildman–Crippen LogP) is 4.39. The lowest BCUT2D eigenvalue weighted by atomic mass is 10.1. The highest BCUT2D eigenvalue weighted by Crippen LogP contribution is 2.23. The fraction of sp³-hybridized carbons (Fsp3) is 0.0625. The molecule has 20 heavy (non-hydrogen) atoms. The third kappa shape index (κ3) is 2.53. The maximum Gasteiger partial charge on any atom is 0.115 e. The molecule has 0 unspecified atom stereocenters. The summed E-state index contributed by atoms with van der Waals surface area (Å²) in [6.45, 7) is 2.00. The van der Waals surface area contributed by atoms with E-state index in [2.05, 4.69) is 22.5 Å². The zero-order chi connectivity index (χ0) is 13.9. The zero-order valence-corrected chi connectivity index (χ0v) is 11.8. The average Bonchev–Trinajstić information content (AvgIpc) is 2.83. The van der Waals surface area contributed by atoms with E-state index in [0.717, 1.165) is 27.7 Å². The molecule has 2 aromatic carbocycles. The van der Waals surface area contributed by atoms with E-state index in [9.17, 15) is 0 Å². The molecule has 100 valence electrons. The molecule has 0 amide bonds. The minimum absolute atomic E-state index is 0.723.